The summed E-state index contributed by atoms with van der Waals surface area (Å²) >= 11 is 6.08. The molecule has 0 amide bonds. The lowest BCUT2D eigenvalue weighted by Gasteiger charge is -2.22. The SMILES string of the molecule is CC[C@H](Nc1ncnc2[nH]cnc12)c1nc2ccc(F)c(Cl)c2c(=O)n1-c1ccc(F)cc1F. The van der Waals surface area contributed by atoms with Crippen LogP contribution in [-0.2, 0) is 0 Å². The topological polar surface area (TPSA) is 101 Å². The van der Waals surface area contributed by atoms with E-state index in [1.807, 2.05) is 6.92 Å². The number of hydrogen-bond donors (Lipinski definition) is 2. The number of fused-ring (bicyclic) bond motifs is 2. The van der Waals surface area contributed by atoms with Crippen LogP contribution in [0.25, 0.3) is 27.8 Å². The molecule has 0 radical (unpaired) electrons. The first-order valence-corrected chi connectivity index (χ1v) is 10.5. The molecule has 5 aromatic rings. The lowest BCUT2D eigenvalue weighted by Crippen LogP contribution is -2.29. The smallest absolute Gasteiger partial charge is 0.267 e. The summed E-state index contributed by atoms with van der Waals surface area (Å²) in [7, 11) is 0. The highest BCUT2D eigenvalue weighted by molar-refractivity contribution is 6.35. The van der Waals surface area contributed by atoms with E-state index < -0.39 is 34.1 Å². The number of halogens is 4. The van der Waals surface area contributed by atoms with Gasteiger partial charge in [0.2, 0.25) is 0 Å². The van der Waals surface area contributed by atoms with Gasteiger partial charge >= 0.3 is 0 Å². The number of hydrogen-bond acceptors (Lipinski definition) is 6. The average molecular weight is 486 g/mol. The van der Waals surface area contributed by atoms with Crippen LogP contribution in [0.1, 0.15) is 25.2 Å². The number of aromatic nitrogens is 6. The van der Waals surface area contributed by atoms with Gasteiger partial charge in [0.15, 0.2) is 11.5 Å². The van der Waals surface area contributed by atoms with Crippen molar-refractivity contribution >= 4 is 39.5 Å². The van der Waals surface area contributed by atoms with Gasteiger partial charge in [0.25, 0.3) is 5.56 Å². The van der Waals surface area contributed by atoms with E-state index in [1.54, 1.807) is 0 Å². The molecular weight excluding hydrogens is 471 g/mol. The normalized spacial score (nSPS) is 12.4. The number of benzene rings is 2. The molecule has 0 fully saturated rings. The van der Waals surface area contributed by atoms with Crippen LogP contribution in [-0.4, -0.2) is 29.5 Å². The summed E-state index contributed by atoms with van der Waals surface area (Å²) in [6.07, 6.45) is 3.17. The Morgan fingerprint density at radius 1 is 1.12 bits per heavy atom. The molecule has 1 atom stereocenters. The predicted octanol–water partition coefficient (Wildman–Crippen LogP) is 4.69. The maximum atomic E-state index is 14.8. The van der Waals surface area contributed by atoms with E-state index in [-0.39, 0.29) is 22.4 Å². The summed E-state index contributed by atoms with van der Waals surface area (Å²) in [6, 6.07) is 4.50. The maximum absolute atomic E-state index is 14.8. The third-order valence-electron chi connectivity index (χ3n) is 5.35. The second-order valence-electron chi connectivity index (χ2n) is 7.39. The molecule has 0 saturated heterocycles. The molecule has 5 rings (SSSR count). The Labute approximate surface area is 194 Å². The van der Waals surface area contributed by atoms with Gasteiger partial charge in [-0.25, -0.2) is 33.1 Å². The summed E-state index contributed by atoms with van der Waals surface area (Å²) in [4.78, 5) is 33.5. The second-order valence-corrected chi connectivity index (χ2v) is 7.77. The van der Waals surface area contributed by atoms with Gasteiger partial charge in [0.1, 0.15) is 35.1 Å². The highest BCUT2D eigenvalue weighted by Gasteiger charge is 2.25. The number of imidazole rings is 1. The fourth-order valence-electron chi connectivity index (χ4n) is 3.74. The quantitative estimate of drug-likeness (QED) is 0.374. The second kappa shape index (κ2) is 8.41. The zero-order chi connectivity index (χ0) is 24.0. The first kappa shape index (κ1) is 21.8. The van der Waals surface area contributed by atoms with E-state index in [4.69, 9.17) is 11.6 Å². The van der Waals surface area contributed by atoms with Crippen LogP contribution in [0.15, 0.2) is 47.8 Å². The third kappa shape index (κ3) is 3.54. The molecule has 2 aromatic carbocycles. The van der Waals surface area contributed by atoms with Gasteiger partial charge in [-0.05, 0) is 30.7 Å². The largest absolute Gasteiger partial charge is 0.358 e. The molecule has 0 spiro atoms. The first-order valence-electron chi connectivity index (χ1n) is 10.2. The predicted molar refractivity (Wildman–Crippen MR) is 121 cm³/mol. The molecular formula is C22H15ClF3N7O. The number of H-pyrrole nitrogens is 1. The van der Waals surface area contributed by atoms with E-state index in [2.05, 4.69) is 30.2 Å². The van der Waals surface area contributed by atoms with Crippen LogP contribution in [0.2, 0.25) is 5.02 Å². The van der Waals surface area contributed by atoms with Gasteiger partial charge in [-0.15, -0.1) is 0 Å². The van der Waals surface area contributed by atoms with Crippen molar-refractivity contribution in [3.8, 4) is 5.69 Å². The van der Waals surface area contributed by atoms with Crippen molar-refractivity contribution in [1.82, 2.24) is 29.5 Å². The van der Waals surface area contributed by atoms with Crippen molar-refractivity contribution in [1.29, 1.82) is 0 Å². The van der Waals surface area contributed by atoms with Crippen molar-refractivity contribution < 1.29 is 13.2 Å². The molecule has 0 aliphatic carbocycles. The average Bonchev–Trinajstić information content (AvgIpc) is 3.30. The molecule has 172 valence electrons. The van der Waals surface area contributed by atoms with Crippen LogP contribution in [0.3, 0.4) is 0 Å². The lowest BCUT2D eigenvalue weighted by molar-refractivity contribution is 0.569. The minimum Gasteiger partial charge on any atom is -0.358 e. The van der Waals surface area contributed by atoms with Crippen molar-refractivity contribution in [2.45, 2.75) is 19.4 Å². The Kier molecular flexibility index (Phi) is 5.40. The standard InChI is InChI=1S/C22H15ClF3N7O/c1-2-13(31-20-18-19(28-8-27-18)29-9-30-20)21-32-14-5-4-11(25)17(23)16(14)22(34)33(21)15-6-3-10(24)7-12(15)26/h3-9,13H,2H2,1H3,(H2,27,28,29,30,31)/t13-/m0/s1. The van der Waals surface area contributed by atoms with Crippen LogP contribution in [0, 0.1) is 17.5 Å². The Bertz CT molecular complexity index is 1620. The Balaban J connectivity index is 1.78. The molecule has 0 unspecified atom stereocenters. The van der Waals surface area contributed by atoms with E-state index in [1.165, 1.54) is 18.7 Å². The Hall–Kier alpha value is -3.99. The Morgan fingerprint density at radius 2 is 1.94 bits per heavy atom. The van der Waals surface area contributed by atoms with Gasteiger partial charge < -0.3 is 10.3 Å². The zero-order valence-electron chi connectivity index (χ0n) is 17.5. The van der Waals surface area contributed by atoms with E-state index in [9.17, 15) is 18.0 Å². The van der Waals surface area contributed by atoms with Crippen LogP contribution >= 0.6 is 11.6 Å². The van der Waals surface area contributed by atoms with Crippen LogP contribution in [0.4, 0.5) is 19.0 Å². The molecule has 8 nitrogen and oxygen atoms in total. The zero-order valence-corrected chi connectivity index (χ0v) is 18.2. The lowest BCUT2D eigenvalue weighted by atomic mass is 10.1. The summed E-state index contributed by atoms with van der Waals surface area (Å²) in [5.41, 5.74) is 0.00151. The minimum atomic E-state index is -0.997. The van der Waals surface area contributed by atoms with Crippen molar-refractivity contribution in [2.75, 3.05) is 5.32 Å². The van der Waals surface area contributed by atoms with Crippen LogP contribution < -0.4 is 10.9 Å². The van der Waals surface area contributed by atoms with E-state index in [0.29, 0.717) is 29.5 Å². The number of nitrogens with zero attached hydrogens (tertiary/aromatic N) is 5. The minimum absolute atomic E-state index is 0.0930. The van der Waals surface area contributed by atoms with Gasteiger partial charge in [0, 0.05) is 6.07 Å². The van der Waals surface area contributed by atoms with Gasteiger partial charge in [0.05, 0.1) is 34.0 Å². The molecule has 3 heterocycles. The van der Waals surface area contributed by atoms with Crippen molar-refractivity contribution in [2.24, 2.45) is 0 Å². The molecule has 0 aliphatic rings. The number of rotatable bonds is 5. The Morgan fingerprint density at radius 3 is 2.71 bits per heavy atom. The van der Waals surface area contributed by atoms with Crippen molar-refractivity contribution in [3.63, 3.8) is 0 Å². The summed E-state index contributed by atoms with van der Waals surface area (Å²) in [6.45, 7) is 1.82. The number of anilines is 1. The fourth-order valence-corrected chi connectivity index (χ4v) is 3.98. The monoisotopic (exact) mass is 485 g/mol. The molecule has 12 heteroatoms. The number of nitrogens with one attached hydrogen (secondary N) is 2. The fraction of sp³-hybridized carbons (Fsp3) is 0.136. The molecule has 0 bridgehead atoms. The highest BCUT2D eigenvalue weighted by Crippen LogP contribution is 2.29. The van der Waals surface area contributed by atoms with Crippen molar-refractivity contribution in [3.05, 3.63) is 81.6 Å². The molecule has 3 aromatic heterocycles. The summed E-state index contributed by atoms with van der Waals surface area (Å²) in [5.74, 6) is -2.19. The summed E-state index contributed by atoms with van der Waals surface area (Å²) in [5, 5.41) is 2.51. The molecule has 0 saturated carbocycles. The molecule has 2 N–H and O–H groups in total. The van der Waals surface area contributed by atoms with Gasteiger partial charge in [-0.1, -0.05) is 18.5 Å². The number of aromatic amines is 1. The van der Waals surface area contributed by atoms with Gasteiger partial charge in [-0.3, -0.25) is 9.36 Å². The maximum Gasteiger partial charge on any atom is 0.267 e. The third-order valence-corrected chi connectivity index (χ3v) is 5.72. The van der Waals surface area contributed by atoms with E-state index in [0.717, 1.165) is 22.8 Å². The molecule has 34 heavy (non-hydrogen) atoms. The highest BCUT2D eigenvalue weighted by atomic mass is 35.5. The van der Waals surface area contributed by atoms with Crippen LogP contribution in [0.5, 0.6) is 0 Å². The first-order chi connectivity index (χ1) is 16.4. The van der Waals surface area contributed by atoms with E-state index >= 15 is 0 Å². The summed E-state index contributed by atoms with van der Waals surface area (Å²) < 4.78 is 43.6. The van der Waals surface area contributed by atoms with Gasteiger partial charge in [-0.2, -0.15) is 0 Å². The molecule has 0 aliphatic heterocycles.